The molecule has 2 aromatic rings. The van der Waals surface area contributed by atoms with Crippen LogP contribution in [0.3, 0.4) is 0 Å². The van der Waals surface area contributed by atoms with Gasteiger partial charge in [-0.05, 0) is 14.0 Å². The minimum Gasteiger partial charge on any atom is -0.329 e. The second kappa shape index (κ2) is 6.64. The van der Waals surface area contributed by atoms with Gasteiger partial charge in [0.25, 0.3) is 11.9 Å². The highest BCUT2D eigenvalue weighted by Crippen LogP contribution is 2.26. The quantitative estimate of drug-likeness (QED) is 0.739. The molecule has 3 heterocycles. The third-order valence-electron chi connectivity index (χ3n) is 4.11. The molecule has 0 aliphatic carbocycles. The van der Waals surface area contributed by atoms with Crippen molar-refractivity contribution in [1.29, 1.82) is 0 Å². The fourth-order valence-corrected chi connectivity index (χ4v) is 2.75. The van der Waals surface area contributed by atoms with Crippen LogP contribution in [0.5, 0.6) is 0 Å². The predicted octanol–water partition coefficient (Wildman–Crippen LogP) is -0.572. The van der Waals surface area contributed by atoms with E-state index in [1.807, 2.05) is 7.05 Å². The molecule has 1 fully saturated rings. The first-order valence-corrected chi connectivity index (χ1v) is 7.84. The number of halogens is 3. The third-order valence-corrected chi connectivity index (χ3v) is 4.11. The van der Waals surface area contributed by atoms with Crippen molar-refractivity contribution in [2.24, 2.45) is 5.73 Å². The summed E-state index contributed by atoms with van der Waals surface area (Å²) in [5.41, 5.74) is 5.74. The highest BCUT2D eigenvalue weighted by Gasteiger charge is 2.36. The molecule has 13 heteroatoms. The lowest BCUT2D eigenvalue weighted by atomic mass is 10.1. The molecule has 1 amide bonds. The highest BCUT2D eigenvalue weighted by molar-refractivity contribution is 5.90. The molecule has 26 heavy (non-hydrogen) atoms. The van der Waals surface area contributed by atoms with E-state index in [0.29, 0.717) is 19.6 Å². The van der Waals surface area contributed by atoms with Crippen molar-refractivity contribution in [1.82, 2.24) is 39.7 Å². The second-order valence-electron chi connectivity index (χ2n) is 6.03. The number of aryl methyl sites for hydroxylation is 1. The zero-order valence-corrected chi connectivity index (χ0v) is 14.2. The van der Waals surface area contributed by atoms with E-state index in [2.05, 4.69) is 25.1 Å². The van der Waals surface area contributed by atoms with E-state index >= 15 is 0 Å². The number of aromatic amines is 1. The van der Waals surface area contributed by atoms with Crippen LogP contribution < -0.4 is 5.73 Å². The lowest BCUT2D eigenvalue weighted by Crippen LogP contribution is -2.57. The van der Waals surface area contributed by atoms with E-state index in [0.717, 1.165) is 4.68 Å². The largest absolute Gasteiger partial charge is 0.451 e. The van der Waals surface area contributed by atoms with E-state index in [1.165, 1.54) is 6.92 Å². The predicted molar refractivity (Wildman–Crippen MR) is 82.4 cm³/mol. The maximum Gasteiger partial charge on any atom is 0.451 e. The molecule has 2 aromatic heterocycles. The van der Waals surface area contributed by atoms with Crippen LogP contribution in [0.2, 0.25) is 0 Å². The number of nitrogens with zero attached hydrogens (tertiary/aromatic N) is 7. The van der Waals surface area contributed by atoms with Crippen LogP contribution in [0.25, 0.3) is 5.95 Å². The molecule has 142 valence electrons. The molecule has 3 N–H and O–H groups in total. The maximum atomic E-state index is 12.7. The Balaban J connectivity index is 1.86. The van der Waals surface area contributed by atoms with Gasteiger partial charge in [-0.1, -0.05) is 0 Å². The molecule has 1 atom stereocenters. The first-order chi connectivity index (χ1) is 12.2. The van der Waals surface area contributed by atoms with Crippen molar-refractivity contribution < 1.29 is 18.0 Å². The Kier molecular flexibility index (Phi) is 4.66. The number of nitrogens with one attached hydrogen (secondary N) is 1. The Morgan fingerprint density at radius 1 is 1.35 bits per heavy atom. The number of nitrogens with two attached hydrogens (primary N) is 1. The number of rotatable bonds is 3. The van der Waals surface area contributed by atoms with E-state index in [9.17, 15) is 18.0 Å². The lowest BCUT2D eigenvalue weighted by Gasteiger charge is -2.38. The molecule has 3 rings (SSSR count). The Morgan fingerprint density at radius 2 is 2.08 bits per heavy atom. The van der Waals surface area contributed by atoms with Gasteiger partial charge in [0, 0.05) is 26.2 Å². The summed E-state index contributed by atoms with van der Waals surface area (Å²) >= 11 is 0. The molecule has 0 radical (unpaired) electrons. The van der Waals surface area contributed by atoms with Crippen LogP contribution in [0, 0.1) is 6.92 Å². The fourth-order valence-electron chi connectivity index (χ4n) is 2.75. The first kappa shape index (κ1) is 18.3. The summed E-state index contributed by atoms with van der Waals surface area (Å²) < 4.78 is 38.9. The average Bonchev–Trinajstić information content (AvgIpc) is 3.20. The highest BCUT2D eigenvalue weighted by atomic mass is 19.4. The summed E-state index contributed by atoms with van der Waals surface area (Å²) in [7, 11) is 1.93. The Hall–Kier alpha value is -2.54. The smallest absolute Gasteiger partial charge is 0.329 e. The molecule has 0 bridgehead atoms. The van der Waals surface area contributed by atoms with Crippen molar-refractivity contribution >= 4 is 5.91 Å². The Morgan fingerprint density at radius 3 is 2.69 bits per heavy atom. The summed E-state index contributed by atoms with van der Waals surface area (Å²) in [4.78, 5) is 23.8. The minimum atomic E-state index is -4.66. The van der Waals surface area contributed by atoms with Gasteiger partial charge in [-0.2, -0.15) is 22.8 Å². The minimum absolute atomic E-state index is 0.135. The molecule has 1 saturated heterocycles. The summed E-state index contributed by atoms with van der Waals surface area (Å²) in [6, 6.07) is -0.186. The first-order valence-electron chi connectivity index (χ1n) is 7.84. The monoisotopic (exact) mass is 373 g/mol. The number of likely N-dealkylation sites (N-methyl/N-ethyl adjacent to an activating group) is 1. The number of hydrogen-bond acceptors (Lipinski definition) is 7. The molecule has 1 aliphatic heterocycles. The van der Waals surface area contributed by atoms with E-state index in [-0.39, 0.29) is 30.2 Å². The molecule has 1 aliphatic rings. The zero-order chi connectivity index (χ0) is 19.1. The van der Waals surface area contributed by atoms with Crippen molar-refractivity contribution in [3.8, 4) is 5.95 Å². The maximum absolute atomic E-state index is 12.7. The zero-order valence-electron chi connectivity index (χ0n) is 14.2. The summed E-state index contributed by atoms with van der Waals surface area (Å²) in [5.74, 6) is -1.96. The number of amides is 1. The second-order valence-corrected chi connectivity index (χ2v) is 6.03. The number of H-pyrrole nitrogens is 1. The number of hydrogen-bond donors (Lipinski definition) is 2. The van der Waals surface area contributed by atoms with Crippen molar-refractivity contribution in [2.75, 3.05) is 33.2 Å². The Bertz CT molecular complexity index is 799. The van der Waals surface area contributed by atoms with Crippen LogP contribution in [0.4, 0.5) is 13.2 Å². The van der Waals surface area contributed by atoms with Crippen LogP contribution in [0.1, 0.15) is 22.3 Å². The van der Waals surface area contributed by atoms with Gasteiger partial charge in [0.05, 0.1) is 6.04 Å². The topological polar surface area (TPSA) is 122 Å². The van der Waals surface area contributed by atoms with Gasteiger partial charge in [-0.25, -0.2) is 4.98 Å². The number of piperazine rings is 1. The van der Waals surface area contributed by atoms with E-state index in [4.69, 9.17) is 5.73 Å². The van der Waals surface area contributed by atoms with Gasteiger partial charge >= 0.3 is 6.18 Å². The van der Waals surface area contributed by atoms with E-state index < -0.39 is 17.9 Å². The van der Waals surface area contributed by atoms with E-state index in [1.54, 1.807) is 10.00 Å². The average molecular weight is 373 g/mol. The third kappa shape index (κ3) is 3.39. The van der Waals surface area contributed by atoms with Crippen molar-refractivity contribution in [2.45, 2.75) is 19.1 Å². The number of alkyl halides is 3. The Labute approximate surface area is 146 Å². The van der Waals surface area contributed by atoms with Gasteiger partial charge < -0.3 is 15.5 Å². The van der Waals surface area contributed by atoms with Gasteiger partial charge in [0.1, 0.15) is 5.82 Å². The molecule has 10 nitrogen and oxygen atoms in total. The standard InChI is InChI=1S/C13H18F3N9O/c1-7-18-9(10(26)24-4-3-23(2)6-8(24)5-17)22-25(7)12-19-11(20-21-12)13(14,15)16/h8H,3-6,17H2,1-2H3,(H,19,20,21). The van der Waals surface area contributed by atoms with Crippen LogP contribution >= 0.6 is 0 Å². The van der Waals surface area contributed by atoms with Crippen LogP contribution in [-0.4, -0.2) is 84.9 Å². The molecule has 0 saturated carbocycles. The van der Waals surface area contributed by atoms with Gasteiger partial charge in [-0.15, -0.1) is 10.2 Å². The normalized spacial score (nSPS) is 19.2. The van der Waals surface area contributed by atoms with Crippen molar-refractivity contribution in [3.63, 3.8) is 0 Å². The number of aromatic nitrogens is 6. The summed E-state index contributed by atoms with van der Waals surface area (Å²) in [5, 5.41) is 9.28. The van der Waals surface area contributed by atoms with Gasteiger partial charge in [0.15, 0.2) is 0 Å². The fraction of sp³-hybridized carbons (Fsp3) is 0.615. The van der Waals surface area contributed by atoms with Crippen molar-refractivity contribution in [3.05, 3.63) is 17.5 Å². The molecule has 0 aromatic carbocycles. The number of carbonyl (C=O) groups excluding carboxylic acids is 1. The summed E-state index contributed by atoms with van der Waals surface area (Å²) in [6.07, 6.45) is -4.66. The van der Waals surface area contributed by atoms with Crippen LogP contribution in [0.15, 0.2) is 0 Å². The molecular weight excluding hydrogens is 355 g/mol. The SMILES string of the molecule is Cc1nc(C(=O)N2CCN(C)CC2CN)nn1-c1n[nH]c(C(F)(F)F)n1. The molecular formula is C13H18F3N9O. The molecule has 0 spiro atoms. The lowest BCUT2D eigenvalue weighted by molar-refractivity contribution is -0.144. The molecule has 1 unspecified atom stereocenters. The number of carbonyl (C=O) groups is 1. The van der Waals surface area contributed by atoms with Crippen LogP contribution in [-0.2, 0) is 6.18 Å². The summed E-state index contributed by atoms with van der Waals surface area (Å²) in [6.45, 7) is 3.54. The van der Waals surface area contributed by atoms with Gasteiger partial charge in [0.2, 0.25) is 11.6 Å². The van der Waals surface area contributed by atoms with Gasteiger partial charge in [-0.3, -0.25) is 9.89 Å².